The topological polar surface area (TPSA) is 64.3 Å². The molecule has 0 fully saturated rings. The molecule has 0 aliphatic carbocycles. The van der Waals surface area contributed by atoms with Gasteiger partial charge in [0.05, 0.1) is 29.7 Å². The fraction of sp³-hybridized carbons (Fsp3) is 0.333. The summed E-state index contributed by atoms with van der Waals surface area (Å²) in [4.78, 5) is 15.7. The smallest absolute Gasteiger partial charge is 0.318 e. The van der Waals surface area contributed by atoms with E-state index in [1.54, 1.807) is 0 Å². The van der Waals surface area contributed by atoms with Crippen molar-refractivity contribution in [3.8, 4) is 11.5 Å². The summed E-state index contributed by atoms with van der Waals surface area (Å²) in [6, 6.07) is 22.5. The van der Waals surface area contributed by atoms with Gasteiger partial charge in [-0.2, -0.15) is 5.10 Å². The van der Waals surface area contributed by atoms with Gasteiger partial charge in [0.2, 0.25) is 0 Å². The first-order valence-electron chi connectivity index (χ1n) is 13.1. The molecule has 3 heterocycles. The van der Waals surface area contributed by atoms with E-state index in [0.29, 0.717) is 26.3 Å². The predicted octanol–water partition coefficient (Wildman–Crippen LogP) is 5.58. The second-order valence-electron chi connectivity index (χ2n) is 9.38. The summed E-state index contributed by atoms with van der Waals surface area (Å²) in [5.74, 6) is 0.992. The first-order chi connectivity index (χ1) is 18.1. The maximum Gasteiger partial charge on any atom is 0.318 e. The molecule has 5 rings (SSSR count). The average molecular weight is 498 g/mol. The predicted molar refractivity (Wildman–Crippen MR) is 145 cm³/mol. The van der Waals surface area contributed by atoms with Gasteiger partial charge >= 0.3 is 6.03 Å². The Bertz CT molecular complexity index is 1340. The summed E-state index contributed by atoms with van der Waals surface area (Å²) in [5.41, 5.74) is 6.37. The molecule has 1 atom stereocenters. The molecule has 0 saturated carbocycles. The largest absolute Gasteiger partial charge is 0.382 e. The zero-order valence-electron chi connectivity index (χ0n) is 21.9. The minimum absolute atomic E-state index is 0.0859. The molecule has 7 heteroatoms. The third-order valence-corrected chi connectivity index (χ3v) is 6.90. The summed E-state index contributed by atoms with van der Waals surface area (Å²) >= 11 is 0. The number of nitrogens with one attached hydrogen (secondary N) is 1. The second kappa shape index (κ2) is 11.0. The number of hydrogen-bond acceptors (Lipinski definition) is 3. The van der Waals surface area contributed by atoms with Crippen LogP contribution in [0.4, 0.5) is 4.79 Å². The number of urea groups is 1. The fourth-order valence-electron chi connectivity index (χ4n) is 5.06. The summed E-state index contributed by atoms with van der Waals surface area (Å²) < 4.78 is 9.69. The average Bonchev–Trinajstić information content (AvgIpc) is 3.51. The van der Waals surface area contributed by atoms with Gasteiger partial charge in [0.15, 0.2) is 0 Å². The highest BCUT2D eigenvalue weighted by molar-refractivity contribution is 5.76. The van der Waals surface area contributed by atoms with Crippen molar-refractivity contribution in [2.24, 2.45) is 0 Å². The molecule has 37 heavy (non-hydrogen) atoms. The van der Waals surface area contributed by atoms with Crippen molar-refractivity contribution < 1.29 is 9.53 Å². The number of carbonyl (C=O) groups is 1. The van der Waals surface area contributed by atoms with Crippen LogP contribution < -0.4 is 5.32 Å². The molecule has 2 aromatic heterocycles. The quantitative estimate of drug-likeness (QED) is 0.324. The first kappa shape index (κ1) is 24.8. The molecule has 192 valence electrons. The lowest BCUT2D eigenvalue weighted by atomic mass is 10.0. The van der Waals surface area contributed by atoms with Gasteiger partial charge in [-0.15, -0.1) is 0 Å². The van der Waals surface area contributed by atoms with Crippen molar-refractivity contribution in [3.05, 3.63) is 101 Å². The Hall–Kier alpha value is -3.84. The molecule has 1 aliphatic rings. The van der Waals surface area contributed by atoms with Crippen LogP contribution in [0.1, 0.15) is 54.4 Å². The molecule has 7 nitrogen and oxygen atoms in total. The molecule has 2 aromatic carbocycles. The van der Waals surface area contributed by atoms with E-state index < -0.39 is 0 Å². The number of ether oxygens (including phenoxy) is 1. The Morgan fingerprint density at radius 1 is 1.05 bits per heavy atom. The number of hydrogen-bond donors (Lipinski definition) is 1. The number of benzene rings is 2. The highest BCUT2D eigenvalue weighted by Crippen LogP contribution is 2.38. The lowest BCUT2D eigenvalue weighted by Gasteiger charge is -2.31. The number of fused-ring (bicyclic) bond motifs is 3. The van der Waals surface area contributed by atoms with Gasteiger partial charge in [0, 0.05) is 31.5 Å². The van der Waals surface area contributed by atoms with Crippen LogP contribution in [0.5, 0.6) is 0 Å². The number of nitrogens with zero attached hydrogens (tertiary/aromatic N) is 4. The van der Waals surface area contributed by atoms with Gasteiger partial charge in [-0.1, -0.05) is 55.0 Å². The van der Waals surface area contributed by atoms with E-state index in [1.165, 1.54) is 5.56 Å². The third kappa shape index (κ3) is 4.91. The molecule has 0 bridgehead atoms. The Morgan fingerprint density at radius 2 is 1.84 bits per heavy atom. The maximum absolute atomic E-state index is 13.8. The molecular weight excluding hydrogens is 462 g/mol. The van der Waals surface area contributed by atoms with E-state index >= 15 is 0 Å². The Kier molecular flexibility index (Phi) is 7.42. The van der Waals surface area contributed by atoms with Gasteiger partial charge in [-0.25, -0.2) is 9.48 Å². The highest BCUT2D eigenvalue weighted by Gasteiger charge is 2.36. The van der Waals surface area contributed by atoms with Gasteiger partial charge in [-0.05, 0) is 56.5 Å². The van der Waals surface area contributed by atoms with Crippen molar-refractivity contribution in [1.82, 2.24) is 24.6 Å². The minimum Gasteiger partial charge on any atom is -0.382 e. The minimum atomic E-state index is -0.246. The number of aryl methyl sites for hydroxylation is 2. The van der Waals surface area contributed by atoms with Crippen LogP contribution >= 0.6 is 0 Å². The molecule has 0 radical (unpaired) electrons. The molecule has 0 saturated heterocycles. The fourth-order valence-corrected chi connectivity index (χ4v) is 5.06. The van der Waals surface area contributed by atoms with Gasteiger partial charge in [0.25, 0.3) is 0 Å². The summed E-state index contributed by atoms with van der Waals surface area (Å²) in [6.07, 6.45) is 3.63. The van der Waals surface area contributed by atoms with Gasteiger partial charge < -0.3 is 19.5 Å². The maximum atomic E-state index is 13.8. The third-order valence-electron chi connectivity index (χ3n) is 6.90. The second-order valence-corrected chi connectivity index (χ2v) is 9.38. The van der Waals surface area contributed by atoms with Crippen LogP contribution in [0.15, 0.2) is 72.9 Å². The summed E-state index contributed by atoms with van der Waals surface area (Å²) in [7, 11) is 0. The Balaban J connectivity index is 1.63. The molecule has 1 aliphatic heterocycles. The Morgan fingerprint density at radius 3 is 2.57 bits per heavy atom. The van der Waals surface area contributed by atoms with Crippen molar-refractivity contribution in [3.63, 3.8) is 0 Å². The number of rotatable bonds is 8. The van der Waals surface area contributed by atoms with Crippen molar-refractivity contribution >= 4 is 6.03 Å². The summed E-state index contributed by atoms with van der Waals surface area (Å²) in [6.45, 7) is 8.52. The molecule has 1 N–H and O–H groups in total. The van der Waals surface area contributed by atoms with Crippen molar-refractivity contribution in [2.75, 3.05) is 19.8 Å². The lowest BCUT2D eigenvalue weighted by Crippen LogP contribution is -2.42. The summed E-state index contributed by atoms with van der Waals surface area (Å²) in [5, 5.41) is 8.17. The van der Waals surface area contributed by atoms with Crippen LogP contribution in [0.25, 0.3) is 11.5 Å². The van der Waals surface area contributed by atoms with E-state index in [0.717, 1.165) is 46.9 Å². The van der Waals surface area contributed by atoms with Crippen molar-refractivity contribution in [2.45, 2.75) is 46.2 Å². The molecule has 0 spiro atoms. The van der Waals surface area contributed by atoms with Crippen LogP contribution in [0, 0.1) is 6.92 Å². The van der Waals surface area contributed by atoms with Gasteiger partial charge in [0.1, 0.15) is 5.82 Å². The number of amides is 2. The zero-order chi connectivity index (χ0) is 25.8. The van der Waals surface area contributed by atoms with Crippen LogP contribution in [0.3, 0.4) is 0 Å². The van der Waals surface area contributed by atoms with E-state index in [-0.39, 0.29) is 12.1 Å². The first-order valence-corrected chi connectivity index (χ1v) is 13.1. The van der Waals surface area contributed by atoms with Gasteiger partial charge in [-0.3, -0.25) is 0 Å². The van der Waals surface area contributed by atoms with Crippen LogP contribution in [0.2, 0.25) is 0 Å². The monoisotopic (exact) mass is 497 g/mol. The van der Waals surface area contributed by atoms with E-state index in [9.17, 15) is 4.79 Å². The van der Waals surface area contributed by atoms with Crippen LogP contribution in [-0.4, -0.2) is 45.0 Å². The number of para-hydroxylation sites is 1. The molecule has 2 amide bonds. The SMILES string of the molecule is CCOCCCNC(=O)N1Cc2c(CC)nn(-c3ccccc3)c2-n2cccc2[C@H]1c1ccc(C)cc1. The van der Waals surface area contributed by atoms with E-state index in [2.05, 4.69) is 78.5 Å². The standard InChI is InChI=1S/C30H35N5O2/c1-4-26-25-21-34(30(36)31-18-10-20-37-5-2)28(23-16-14-22(3)15-17-23)27-13-9-19-33(27)29(25)35(32-26)24-11-7-6-8-12-24/h6-9,11-17,19,28H,4-5,10,18,20-21H2,1-3H3,(H,31,36)/t28-/m1/s1. The molecular formula is C30H35N5O2. The Labute approximate surface area is 218 Å². The normalized spacial score (nSPS) is 14.7. The zero-order valence-corrected chi connectivity index (χ0v) is 21.9. The molecule has 0 unspecified atom stereocenters. The van der Waals surface area contributed by atoms with Crippen molar-refractivity contribution in [1.29, 1.82) is 0 Å². The highest BCUT2D eigenvalue weighted by atomic mass is 16.5. The van der Waals surface area contributed by atoms with Crippen LogP contribution in [-0.2, 0) is 17.7 Å². The van der Waals surface area contributed by atoms with E-state index in [1.807, 2.05) is 34.7 Å². The number of aromatic nitrogens is 3. The molecule has 4 aromatic rings. The number of carbonyl (C=O) groups excluding carboxylic acids is 1. The van der Waals surface area contributed by atoms with E-state index in [4.69, 9.17) is 9.84 Å². The lowest BCUT2D eigenvalue weighted by molar-refractivity contribution is 0.143.